The lowest BCUT2D eigenvalue weighted by atomic mass is 10.3. The van der Waals surface area contributed by atoms with Gasteiger partial charge >= 0.3 is 18.1 Å². The SMILES string of the molecule is C=C(C(=O)O)C(F)(F)F.O=C(O)CF. The molecule has 0 bridgehead atoms. The van der Waals surface area contributed by atoms with Crippen molar-refractivity contribution in [3.63, 3.8) is 0 Å². The molecule has 0 aliphatic carbocycles. The third kappa shape index (κ3) is 8.50. The first-order valence-corrected chi connectivity index (χ1v) is 2.90. The molecule has 0 aromatic carbocycles. The van der Waals surface area contributed by atoms with Gasteiger partial charge in [0.2, 0.25) is 0 Å². The zero-order valence-electron chi connectivity index (χ0n) is 6.64. The molecule has 0 atom stereocenters. The molecule has 0 radical (unpaired) electrons. The number of carboxylic acid groups (broad SMARTS) is 2. The monoisotopic (exact) mass is 218 g/mol. The maximum Gasteiger partial charge on any atom is 0.422 e. The topological polar surface area (TPSA) is 74.6 Å². The summed E-state index contributed by atoms with van der Waals surface area (Å²) in [5, 5.41) is 15.0. The average Bonchev–Trinajstić information content (AvgIpc) is 2.02. The first kappa shape index (κ1) is 14.9. The highest BCUT2D eigenvalue weighted by molar-refractivity contribution is 5.87. The molecule has 0 aliphatic heterocycles. The first-order chi connectivity index (χ1) is 6.12. The highest BCUT2D eigenvalue weighted by Gasteiger charge is 2.36. The Balaban J connectivity index is 0. The number of rotatable bonds is 2. The molecule has 8 heteroatoms. The maximum atomic E-state index is 11.2. The van der Waals surface area contributed by atoms with Crippen LogP contribution < -0.4 is 0 Å². The van der Waals surface area contributed by atoms with Gasteiger partial charge in [-0.2, -0.15) is 13.2 Å². The molecule has 14 heavy (non-hydrogen) atoms. The molecule has 0 heterocycles. The smallest absolute Gasteiger partial charge is 0.422 e. The van der Waals surface area contributed by atoms with E-state index >= 15 is 0 Å². The molecule has 4 nitrogen and oxygen atoms in total. The van der Waals surface area contributed by atoms with E-state index in [9.17, 15) is 22.4 Å². The predicted molar refractivity (Wildman–Crippen MR) is 36.4 cm³/mol. The van der Waals surface area contributed by atoms with Crippen LogP contribution in [-0.2, 0) is 9.59 Å². The van der Waals surface area contributed by atoms with Crippen molar-refractivity contribution in [3.8, 4) is 0 Å². The van der Waals surface area contributed by atoms with Gasteiger partial charge in [0.05, 0.1) is 0 Å². The first-order valence-electron chi connectivity index (χ1n) is 2.90. The Bertz CT molecular complexity index is 232. The van der Waals surface area contributed by atoms with Crippen LogP contribution in [0, 0.1) is 0 Å². The van der Waals surface area contributed by atoms with E-state index in [1.54, 1.807) is 0 Å². The lowest BCUT2D eigenvalue weighted by Crippen LogP contribution is -2.18. The van der Waals surface area contributed by atoms with Gasteiger partial charge in [-0.15, -0.1) is 0 Å². The molecule has 0 fully saturated rings. The highest BCUT2D eigenvalue weighted by Crippen LogP contribution is 2.23. The summed E-state index contributed by atoms with van der Waals surface area (Å²) in [6, 6.07) is 0. The number of aliphatic carboxylic acids is 2. The van der Waals surface area contributed by atoms with Gasteiger partial charge in [0.15, 0.2) is 6.67 Å². The Kier molecular flexibility index (Phi) is 6.33. The summed E-state index contributed by atoms with van der Waals surface area (Å²) in [6.45, 7) is 1.02. The zero-order chi connectivity index (χ0) is 11.9. The van der Waals surface area contributed by atoms with Gasteiger partial charge in [0.25, 0.3) is 0 Å². The summed E-state index contributed by atoms with van der Waals surface area (Å²) in [5.74, 6) is -3.45. The summed E-state index contributed by atoms with van der Waals surface area (Å²) in [7, 11) is 0. The molecule has 0 saturated carbocycles. The van der Waals surface area contributed by atoms with Gasteiger partial charge in [0, 0.05) is 0 Å². The quantitative estimate of drug-likeness (QED) is 0.540. The van der Waals surface area contributed by atoms with Crippen molar-refractivity contribution in [1.82, 2.24) is 0 Å². The average molecular weight is 218 g/mol. The number of carboxylic acids is 2. The number of hydrogen-bond donors (Lipinski definition) is 2. The van der Waals surface area contributed by atoms with Gasteiger partial charge < -0.3 is 10.2 Å². The maximum absolute atomic E-state index is 11.2. The van der Waals surface area contributed by atoms with E-state index in [1.165, 1.54) is 0 Å². The van der Waals surface area contributed by atoms with Crippen LogP contribution in [0.2, 0.25) is 0 Å². The number of alkyl halides is 4. The molecular weight excluding hydrogens is 212 g/mol. The fourth-order valence-corrected chi connectivity index (χ4v) is 0.121. The van der Waals surface area contributed by atoms with Crippen LogP contribution in [0.25, 0.3) is 0 Å². The van der Waals surface area contributed by atoms with Crippen LogP contribution in [-0.4, -0.2) is 35.0 Å². The summed E-state index contributed by atoms with van der Waals surface area (Å²) in [4.78, 5) is 18.5. The van der Waals surface area contributed by atoms with Crippen LogP contribution in [0.3, 0.4) is 0 Å². The summed E-state index contributed by atoms with van der Waals surface area (Å²) < 4.78 is 44.2. The van der Waals surface area contributed by atoms with E-state index in [2.05, 4.69) is 6.58 Å². The Morgan fingerprint density at radius 3 is 1.50 bits per heavy atom. The second-order valence-corrected chi connectivity index (χ2v) is 1.81. The minimum absolute atomic E-state index is 1.28. The lowest BCUT2D eigenvalue weighted by molar-refractivity contribution is -0.144. The largest absolute Gasteiger partial charge is 0.479 e. The van der Waals surface area contributed by atoms with E-state index in [0.717, 1.165) is 0 Å². The molecule has 0 aromatic heterocycles. The Morgan fingerprint density at radius 1 is 1.21 bits per heavy atom. The number of carbonyl (C=O) groups is 2. The minimum Gasteiger partial charge on any atom is -0.479 e. The molecule has 82 valence electrons. The highest BCUT2D eigenvalue weighted by atomic mass is 19.4. The van der Waals surface area contributed by atoms with Crippen LogP contribution >= 0.6 is 0 Å². The van der Waals surface area contributed by atoms with Gasteiger partial charge in [-0.25, -0.2) is 14.0 Å². The van der Waals surface area contributed by atoms with Crippen LogP contribution in [0.4, 0.5) is 17.6 Å². The molecule has 0 amide bonds. The van der Waals surface area contributed by atoms with Gasteiger partial charge in [-0.05, 0) is 0 Å². The van der Waals surface area contributed by atoms with Crippen LogP contribution in [0.15, 0.2) is 12.2 Å². The van der Waals surface area contributed by atoms with Crippen molar-refractivity contribution in [2.75, 3.05) is 6.67 Å². The standard InChI is InChI=1S/C4H3F3O2.C2H3FO2/c1-2(3(8)9)4(5,6)7;3-1-2(4)5/h1H2,(H,8,9);1H2,(H,4,5). The fraction of sp³-hybridized carbons (Fsp3) is 0.333. The molecule has 0 aromatic rings. The molecule has 0 unspecified atom stereocenters. The second kappa shape index (κ2) is 5.95. The van der Waals surface area contributed by atoms with Crippen LogP contribution in [0.1, 0.15) is 0 Å². The van der Waals surface area contributed by atoms with Gasteiger partial charge in [-0.3, -0.25) is 0 Å². The Labute approximate surface area is 75.5 Å². The lowest BCUT2D eigenvalue weighted by Gasteiger charge is -2.02. The van der Waals surface area contributed by atoms with Crippen molar-refractivity contribution < 1.29 is 37.4 Å². The van der Waals surface area contributed by atoms with E-state index in [0.29, 0.717) is 0 Å². The van der Waals surface area contributed by atoms with E-state index in [1.807, 2.05) is 0 Å². The third-order valence-corrected chi connectivity index (χ3v) is 0.715. The Morgan fingerprint density at radius 2 is 1.50 bits per heavy atom. The fourth-order valence-electron chi connectivity index (χ4n) is 0.121. The normalized spacial score (nSPS) is 9.71. The van der Waals surface area contributed by atoms with Crippen molar-refractivity contribution in [3.05, 3.63) is 12.2 Å². The van der Waals surface area contributed by atoms with Crippen LogP contribution in [0.5, 0.6) is 0 Å². The van der Waals surface area contributed by atoms with Crippen molar-refractivity contribution in [1.29, 1.82) is 0 Å². The number of hydrogen-bond acceptors (Lipinski definition) is 2. The third-order valence-electron chi connectivity index (χ3n) is 0.715. The minimum atomic E-state index is -4.81. The molecule has 2 N–H and O–H groups in total. The second-order valence-electron chi connectivity index (χ2n) is 1.81. The van der Waals surface area contributed by atoms with Gasteiger partial charge in [0.1, 0.15) is 5.57 Å². The molecular formula is C6H6F4O4. The molecule has 0 spiro atoms. The number of halogens is 4. The van der Waals surface area contributed by atoms with Crippen molar-refractivity contribution >= 4 is 11.9 Å². The van der Waals surface area contributed by atoms with Gasteiger partial charge in [-0.1, -0.05) is 6.58 Å². The summed E-state index contributed by atoms with van der Waals surface area (Å²) in [6.07, 6.45) is -4.81. The molecule has 0 saturated heterocycles. The predicted octanol–water partition coefficient (Wildman–Crippen LogP) is 1.23. The molecule has 0 rings (SSSR count). The van der Waals surface area contributed by atoms with Crippen molar-refractivity contribution in [2.45, 2.75) is 6.18 Å². The van der Waals surface area contributed by atoms with E-state index in [4.69, 9.17) is 15.0 Å². The van der Waals surface area contributed by atoms with E-state index in [-0.39, 0.29) is 0 Å². The molecule has 0 aliphatic rings. The Hall–Kier alpha value is -1.60. The van der Waals surface area contributed by atoms with Crippen molar-refractivity contribution in [2.24, 2.45) is 0 Å². The van der Waals surface area contributed by atoms with E-state index < -0.39 is 30.4 Å². The summed E-state index contributed by atoms with van der Waals surface area (Å²) >= 11 is 0. The zero-order valence-corrected chi connectivity index (χ0v) is 6.64. The summed E-state index contributed by atoms with van der Waals surface area (Å²) in [5.41, 5.74) is -1.75.